The molecule has 3 nitrogen and oxygen atoms in total. The third kappa shape index (κ3) is 1.36. The zero-order chi connectivity index (χ0) is 11.2. The Hall–Kier alpha value is -1.29. The Morgan fingerprint density at radius 1 is 1.47 bits per heavy atom. The molecule has 1 aliphatic carbocycles. The van der Waals surface area contributed by atoms with Crippen LogP contribution in [0.25, 0.3) is 0 Å². The van der Waals surface area contributed by atoms with E-state index in [0.29, 0.717) is 12.8 Å². The number of hydrogen-bond acceptors (Lipinski definition) is 2. The van der Waals surface area contributed by atoms with Crippen molar-refractivity contribution < 1.29 is 19.4 Å². The van der Waals surface area contributed by atoms with Crippen molar-refractivity contribution in [3.8, 4) is 5.75 Å². The van der Waals surface area contributed by atoms with Gasteiger partial charge in [0.15, 0.2) is 0 Å². The predicted octanol–water partition coefficient (Wildman–Crippen LogP) is 2.30. The fourth-order valence-corrected chi connectivity index (χ4v) is 2.01. The number of carboxylic acid groups (broad SMARTS) is 1. The van der Waals surface area contributed by atoms with Gasteiger partial charge < -0.3 is 10.2 Å². The maximum absolute atomic E-state index is 13.5. The quantitative estimate of drug-likeness (QED) is 0.820. The predicted molar refractivity (Wildman–Crippen MR) is 51.6 cm³/mol. The Labute approximate surface area is 90.1 Å². The maximum atomic E-state index is 13.5. The summed E-state index contributed by atoms with van der Waals surface area (Å²) in [5.41, 5.74) is -1.34. The molecule has 15 heavy (non-hydrogen) atoms. The van der Waals surface area contributed by atoms with E-state index in [1.54, 1.807) is 0 Å². The average Bonchev–Trinajstić information content (AvgIpc) is 2.93. The van der Waals surface area contributed by atoms with Crippen molar-refractivity contribution in [3.63, 3.8) is 0 Å². The topological polar surface area (TPSA) is 57.5 Å². The van der Waals surface area contributed by atoms with Gasteiger partial charge in [0.2, 0.25) is 0 Å². The van der Waals surface area contributed by atoms with Gasteiger partial charge >= 0.3 is 5.97 Å². The number of benzene rings is 1. The highest BCUT2D eigenvalue weighted by molar-refractivity contribution is 6.33. The molecule has 1 aromatic carbocycles. The molecule has 0 bridgehead atoms. The lowest BCUT2D eigenvalue weighted by Crippen LogP contribution is -2.21. The average molecular weight is 231 g/mol. The molecule has 0 atom stereocenters. The molecule has 0 saturated heterocycles. The van der Waals surface area contributed by atoms with Gasteiger partial charge in [0.1, 0.15) is 11.6 Å². The molecule has 80 valence electrons. The van der Waals surface area contributed by atoms with Gasteiger partial charge in [0.25, 0.3) is 0 Å². The van der Waals surface area contributed by atoms with Crippen LogP contribution in [-0.2, 0) is 10.2 Å². The van der Waals surface area contributed by atoms with E-state index in [-0.39, 0.29) is 16.3 Å². The number of rotatable bonds is 2. The molecule has 1 aromatic rings. The van der Waals surface area contributed by atoms with Gasteiger partial charge in [0, 0.05) is 5.56 Å². The van der Waals surface area contributed by atoms with Crippen LogP contribution in [-0.4, -0.2) is 16.2 Å². The van der Waals surface area contributed by atoms with Crippen LogP contribution in [0.1, 0.15) is 18.4 Å². The summed E-state index contributed by atoms with van der Waals surface area (Å²) in [6, 6.07) is 2.14. The van der Waals surface area contributed by atoms with Crippen LogP contribution in [0.15, 0.2) is 12.1 Å². The second kappa shape index (κ2) is 3.10. The standard InChI is InChI=1S/C10H8ClFO3/c11-8-6(13)2-1-5(12)7(8)10(3-4-10)9(14)15/h1-2,13H,3-4H2,(H,14,15). The third-order valence-electron chi connectivity index (χ3n) is 2.71. The summed E-state index contributed by atoms with van der Waals surface area (Å²) < 4.78 is 13.5. The van der Waals surface area contributed by atoms with E-state index >= 15 is 0 Å². The second-order valence-corrected chi connectivity index (χ2v) is 4.02. The summed E-state index contributed by atoms with van der Waals surface area (Å²) in [7, 11) is 0. The normalized spacial score (nSPS) is 17.5. The van der Waals surface area contributed by atoms with Crippen molar-refractivity contribution in [1.82, 2.24) is 0 Å². The highest BCUT2D eigenvalue weighted by Crippen LogP contribution is 2.53. The minimum atomic E-state index is -1.24. The molecule has 0 amide bonds. The Bertz CT molecular complexity index is 441. The van der Waals surface area contributed by atoms with Gasteiger partial charge in [-0.1, -0.05) is 11.6 Å². The van der Waals surface area contributed by atoms with Crippen molar-refractivity contribution in [2.75, 3.05) is 0 Å². The molecule has 0 radical (unpaired) electrons. The lowest BCUT2D eigenvalue weighted by molar-refractivity contribution is -0.140. The molecule has 0 aromatic heterocycles. The first kappa shape index (κ1) is 10.2. The first-order chi connectivity index (χ1) is 6.99. The number of aliphatic carboxylic acids is 1. The molecule has 5 heteroatoms. The molecule has 2 rings (SSSR count). The summed E-state index contributed by atoms with van der Waals surface area (Å²) in [5, 5.41) is 18.1. The van der Waals surface area contributed by atoms with Crippen molar-refractivity contribution in [1.29, 1.82) is 0 Å². The Balaban J connectivity index is 2.62. The number of phenolic OH excluding ortho intramolecular Hbond substituents is 1. The van der Waals surface area contributed by atoms with Crippen molar-refractivity contribution >= 4 is 17.6 Å². The molecule has 0 spiro atoms. The van der Waals surface area contributed by atoms with Crippen molar-refractivity contribution in [2.45, 2.75) is 18.3 Å². The van der Waals surface area contributed by atoms with Crippen molar-refractivity contribution in [2.24, 2.45) is 0 Å². The zero-order valence-electron chi connectivity index (χ0n) is 7.63. The van der Waals surface area contributed by atoms with Crippen LogP contribution in [0, 0.1) is 5.82 Å². The van der Waals surface area contributed by atoms with E-state index in [2.05, 4.69) is 0 Å². The highest BCUT2D eigenvalue weighted by atomic mass is 35.5. The van der Waals surface area contributed by atoms with Gasteiger partial charge in [-0.15, -0.1) is 0 Å². The number of phenols is 1. The first-order valence-corrected chi connectivity index (χ1v) is 4.78. The van der Waals surface area contributed by atoms with Gasteiger partial charge in [-0.2, -0.15) is 0 Å². The minimum Gasteiger partial charge on any atom is -0.506 e. The number of carbonyl (C=O) groups is 1. The van der Waals surface area contributed by atoms with Crippen LogP contribution in [0.2, 0.25) is 5.02 Å². The smallest absolute Gasteiger partial charge is 0.314 e. The Morgan fingerprint density at radius 2 is 2.07 bits per heavy atom. The van der Waals surface area contributed by atoms with Gasteiger partial charge in [0.05, 0.1) is 10.4 Å². The molecule has 0 heterocycles. The van der Waals surface area contributed by atoms with Crippen LogP contribution in [0.5, 0.6) is 5.75 Å². The largest absolute Gasteiger partial charge is 0.506 e. The Morgan fingerprint density at radius 3 is 2.53 bits per heavy atom. The summed E-state index contributed by atoms with van der Waals surface area (Å²) in [6.07, 6.45) is 0.699. The van der Waals surface area contributed by atoms with Crippen LogP contribution in [0.4, 0.5) is 4.39 Å². The van der Waals surface area contributed by atoms with Gasteiger partial charge in [-0.3, -0.25) is 4.79 Å². The van der Waals surface area contributed by atoms with Crippen LogP contribution in [0.3, 0.4) is 0 Å². The summed E-state index contributed by atoms with van der Waals surface area (Å²) in [6.45, 7) is 0. The number of aromatic hydroxyl groups is 1. The first-order valence-electron chi connectivity index (χ1n) is 4.40. The molecular formula is C10H8ClFO3. The molecule has 2 N–H and O–H groups in total. The number of hydrogen-bond donors (Lipinski definition) is 2. The maximum Gasteiger partial charge on any atom is 0.314 e. The summed E-state index contributed by atoms with van der Waals surface area (Å²) in [5.74, 6) is -2.08. The van der Waals surface area contributed by atoms with Crippen molar-refractivity contribution in [3.05, 3.63) is 28.5 Å². The lowest BCUT2D eigenvalue weighted by atomic mass is 9.95. The molecule has 1 saturated carbocycles. The van der Waals surface area contributed by atoms with Gasteiger partial charge in [-0.25, -0.2) is 4.39 Å². The van der Waals surface area contributed by atoms with E-state index in [1.165, 1.54) is 0 Å². The van der Waals surface area contributed by atoms with E-state index in [1.807, 2.05) is 0 Å². The molecule has 0 aliphatic heterocycles. The van der Waals surface area contributed by atoms with Gasteiger partial charge in [-0.05, 0) is 25.0 Å². The molecule has 1 fully saturated rings. The SMILES string of the molecule is O=C(O)C1(c2c(F)ccc(O)c2Cl)CC1. The molecule has 1 aliphatic rings. The highest BCUT2D eigenvalue weighted by Gasteiger charge is 2.54. The lowest BCUT2D eigenvalue weighted by Gasteiger charge is -2.13. The van der Waals surface area contributed by atoms with E-state index < -0.39 is 17.2 Å². The van der Waals surface area contributed by atoms with Crippen LogP contribution < -0.4 is 0 Å². The summed E-state index contributed by atoms with van der Waals surface area (Å²) in [4.78, 5) is 11.0. The molecular weight excluding hydrogens is 223 g/mol. The fraction of sp³-hybridized carbons (Fsp3) is 0.300. The monoisotopic (exact) mass is 230 g/mol. The fourth-order valence-electron chi connectivity index (χ4n) is 1.68. The van der Waals surface area contributed by atoms with E-state index in [0.717, 1.165) is 12.1 Å². The second-order valence-electron chi connectivity index (χ2n) is 3.64. The van der Waals surface area contributed by atoms with E-state index in [4.69, 9.17) is 16.7 Å². The van der Waals surface area contributed by atoms with E-state index in [9.17, 15) is 14.3 Å². The third-order valence-corrected chi connectivity index (χ3v) is 3.09. The molecule has 0 unspecified atom stereocenters. The number of carboxylic acids is 1. The Kier molecular flexibility index (Phi) is 2.12. The summed E-state index contributed by atoms with van der Waals surface area (Å²) >= 11 is 5.71. The minimum absolute atomic E-state index is 0.100. The number of halogens is 2. The van der Waals surface area contributed by atoms with Crippen LogP contribution >= 0.6 is 11.6 Å². The zero-order valence-corrected chi connectivity index (χ0v) is 8.38.